The van der Waals surface area contributed by atoms with Crippen molar-refractivity contribution in [3.63, 3.8) is 0 Å². The quantitative estimate of drug-likeness (QED) is 0.303. The average molecular weight is 557 g/mol. The molecule has 1 saturated heterocycles. The van der Waals surface area contributed by atoms with E-state index in [1.54, 1.807) is 34.9 Å². The molecule has 3 rings (SSSR count). The first-order chi connectivity index (χ1) is 19.1. The van der Waals surface area contributed by atoms with Gasteiger partial charge in [-0.3, -0.25) is 4.79 Å². The van der Waals surface area contributed by atoms with Crippen LogP contribution in [-0.2, 0) is 32.0 Å². The Labute approximate surface area is 236 Å². The summed E-state index contributed by atoms with van der Waals surface area (Å²) in [7, 11) is 1.53. The molecule has 1 aliphatic heterocycles. The van der Waals surface area contributed by atoms with Gasteiger partial charge in [-0.15, -0.1) is 0 Å². The molecule has 2 amide bonds. The van der Waals surface area contributed by atoms with Crippen LogP contribution in [0, 0.1) is 0 Å². The molecule has 1 heterocycles. The Morgan fingerprint density at radius 1 is 0.925 bits per heavy atom. The molecular formula is C30H40N2O8. The number of nitrogens with zero attached hydrogens (tertiary/aromatic N) is 2. The minimum Gasteiger partial charge on any atom is -0.493 e. The van der Waals surface area contributed by atoms with Crippen molar-refractivity contribution in [3.8, 4) is 11.5 Å². The highest BCUT2D eigenvalue weighted by Crippen LogP contribution is 2.29. The largest absolute Gasteiger partial charge is 0.493 e. The molecule has 0 unspecified atom stereocenters. The van der Waals surface area contributed by atoms with Crippen molar-refractivity contribution in [3.05, 3.63) is 59.7 Å². The van der Waals surface area contributed by atoms with Crippen molar-refractivity contribution < 1.29 is 38.1 Å². The predicted octanol–water partition coefficient (Wildman–Crippen LogP) is 4.83. The zero-order valence-electron chi connectivity index (χ0n) is 24.0. The third kappa shape index (κ3) is 9.36. The fourth-order valence-corrected chi connectivity index (χ4v) is 4.26. The smallest absolute Gasteiger partial charge is 0.410 e. The van der Waals surface area contributed by atoms with Crippen LogP contribution in [0.1, 0.15) is 45.2 Å². The van der Waals surface area contributed by atoms with Gasteiger partial charge in [-0.25, -0.2) is 9.59 Å². The maximum Gasteiger partial charge on any atom is 0.410 e. The second-order valence-electron chi connectivity index (χ2n) is 10.4. The molecule has 0 spiro atoms. The molecule has 10 nitrogen and oxygen atoms in total. The minimum absolute atomic E-state index is 0.133. The average Bonchev–Trinajstić information content (AvgIpc) is 2.92. The summed E-state index contributed by atoms with van der Waals surface area (Å²) >= 11 is 0. The van der Waals surface area contributed by atoms with Crippen molar-refractivity contribution in [1.29, 1.82) is 0 Å². The standard InChI is InChI=1S/C30H40N2O8/c1-6-37-27(33)19-23-12-13-25(26(18-23)36-5)38-17-14-24-20-31(15-16-32(24)29(35)40-30(2,3)4)28(34)39-21-22-10-8-7-9-11-22/h7-13,18,24H,6,14-17,19-21H2,1-5H3/t24-/m1/s1. The van der Waals surface area contributed by atoms with E-state index in [2.05, 4.69) is 0 Å². The van der Waals surface area contributed by atoms with Crippen LogP contribution >= 0.6 is 0 Å². The van der Waals surface area contributed by atoms with Gasteiger partial charge in [0.15, 0.2) is 11.5 Å². The third-order valence-corrected chi connectivity index (χ3v) is 6.16. The highest BCUT2D eigenvalue weighted by atomic mass is 16.6. The highest BCUT2D eigenvalue weighted by molar-refractivity contribution is 5.73. The molecule has 2 aromatic carbocycles. The van der Waals surface area contributed by atoms with Crippen molar-refractivity contribution in [2.45, 2.75) is 58.8 Å². The lowest BCUT2D eigenvalue weighted by atomic mass is 10.1. The topological polar surface area (TPSA) is 104 Å². The van der Waals surface area contributed by atoms with E-state index in [9.17, 15) is 14.4 Å². The van der Waals surface area contributed by atoms with Crippen molar-refractivity contribution in [2.75, 3.05) is 40.0 Å². The molecule has 0 N–H and O–H groups in total. The molecular weight excluding hydrogens is 516 g/mol. The van der Waals surface area contributed by atoms with Gasteiger partial charge < -0.3 is 33.5 Å². The second kappa shape index (κ2) is 14.4. The summed E-state index contributed by atoms with van der Waals surface area (Å²) in [5.41, 5.74) is 0.994. The number of hydrogen-bond donors (Lipinski definition) is 0. The lowest BCUT2D eigenvalue weighted by molar-refractivity contribution is -0.142. The Hall–Kier alpha value is -3.95. The number of hydrogen-bond acceptors (Lipinski definition) is 8. The summed E-state index contributed by atoms with van der Waals surface area (Å²) in [6.07, 6.45) is -0.295. The van der Waals surface area contributed by atoms with E-state index in [1.165, 1.54) is 7.11 Å². The molecule has 0 aromatic heterocycles. The Morgan fingerprint density at radius 2 is 1.68 bits per heavy atom. The van der Waals surface area contributed by atoms with Crippen LogP contribution < -0.4 is 9.47 Å². The lowest BCUT2D eigenvalue weighted by Gasteiger charge is -2.41. The van der Waals surface area contributed by atoms with Crippen LogP contribution in [0.5, 0.6) is 11.5 Å². The van der Waals surface area contributed by atoms with Gasteiger partial charge in [0.05, 0.1) is 32.8 Å². The van der Waals surface area contributed by atoms with Crippen LogP contribution in [-0.4, -0.2) is 79.6 Å². The van der Waals surface area contributed by atoms with Gasteiger partial charge in [-0.2, -0.15) is 0 Å². The van der Waals surface area contributed by atoms with Gasteiger partial charge in [0, 0.05) is 26.1 Å². The normalized spacial score (nSPS) is 15.3. The lowest BCUT2D eigenvalue weighted by Crippen LogP contribution is -2.57. The van der Waals surface area contributed by atoms with Crippen molar-refractivity contribution >= 4 is 18.2 Å². The highest BCUT2D eigenvalue weighted by Gasteiger charge is 2.35. The molecule has 1 fully saturated rings. The molecule has 1 atom stereocenters. The molecule has 0 bridgehead atoms. The molecule has 0 aliphatic carbocycles. The van der Waals surface area contributed by atoms with Crippen LogP contribution in [0.2, 0.25) is 0 Å². The van der Waals surface area contributed by atoms with E-state index < -0.39 is 17.8 Å². The van der Waals surface area contributed by atoms with Crippen LogP contribution in [0.4, 0.5) is 9.59 Å². The van der Waals surface area contributed by atoms with Gasteiger partial charge in [-0.1, -0.05) is 36.4 Å². The van der Waals surface area contributed by atoms with E-state index in [4.69, 9.17) is 23.7 Å². The SMILES string of the molecule is CCOC(=O)Cc1ccc(OCC[C@@H]2CN(C(=O)OCc3ccccc3)CCN2C(=O)OC(C)(C)C)c(OC)c1. The van der Waals surface area contributed by atoms with Crippen LogP contribution in [0.3, 0.4) is 0 Å². The molecule has 0 radical (unpaired) electrons. The molecule has 0 saturated carbocycles. The first kappa shape index (κ1) is 30.6. The number of ether oxygens (including phenoxy) is 5. The fourth-order valence-electron chi connectivity index (χ4n) is 4.26. The zero-order chi connectivity index (χ0) is 29.1. The Kier molecular flexibility index (Phi) is 11.0. The second-order valence-corrected chi connectivity index (χ2v) is 10.4. The van der Waals surface area contributed by atoms with Gasteiger partial charge in [0.25, 0.3) is 0 Å². The van der Waals surface area contributed by atoms with E-state index >= 15 is 0 Å². The first-order valence-electron chi connectivity index (χ1n) is 13.5. The molecule has 10 heteroatoms. The number of amides is 2. The summed E-state index contributed by atoms with van der Waals surface area (Å²) in [4.78, 5) is 40.9. The van der Waals surface area contributed by atoms with Crippen molar-refractivity contribution in [1.82, 2.24) is 9.80 Å². The number of piperazine rings is 1. The maximum absolute atomic E-state index is 13.0. The maximum atomic E-state index is 13.0. The number of carbonyl (C=O) groups excluding carboxylic acids is 3. The van der Waals surface area contributed by atoms with E-state index in [1.807, 2.05) is 51.1 Å². The summed E-state index contributed by atoms with van der Waals surface area (Å²) in [6.45, 7) is 8.89. The monoisotopic (exact) mass is 556 g/mol. The Morgan fingerprint density at radius 3 is 2.35 bits per heavy atom. The molecule has 40 heavy (non-hydrogen) atoms. The van der Waals surface area contributed by atoms with Gasteiger partial charge in [0.2, 0.25) is 0 Å². The van der Waals surface area contributed by atoms with E-state index in [0.29, 0.717) is 37.6 Å². The van der Waals surface area contributed by atoms with Gasteiger partial charge >= 0.3 is 18.2 Å². The fraction of sp³-hybridized carbons (Fsp3) is 0.500. The van der Waals surface area contributed by atoms with E-state index in [-0.39, 0.29) is 38.2 Å². The number of carbonyl (C=O) groups is 3. The molecule has 2 aromatic rings. The Balaban J connectivity index is 1.64. The zero-order valence-corrected chi connectivity index (χ0v) is 24.0. The number of rotatable bonds is 10. The van der Waals surface area contributed by atoms with Crippen LogP contribution in [0.15, 0.2) is 48.5 Å². The van der Waals surface area contributed by atoms with Gasteiger partial charge in [-0.05, 0) is 51.0 Å². The number of methoxy groups -OCH3 is 1. The van der Waals surface area contributed by atoms with Crippen molar-refractivity contribution in [2.24, 2.45) is 0 Å². The third-order valence-electron chi connectivity index (χ3n) is 6.16. The summed E-state index contributed by atoms with van der Waals surface area (Å²) < 4.78 is 27.6. The number of esters is 1. The summed E-state index contributed by atoms with van der Waals surface area (Å²) in [6, 6.07) is 14.4. The first-order valence-corrected chi connectivity index (χ1v) is 13.5. The molecule has 1 aliphatic rings. The van der Waals surface area contributed by atoms with Crippen LogP contribution in [0.25, 0.3) is 0 Å². The van der Waals surface area contributed by atoms with E-state index in [0.717, 1.165) is 11.1 Å². The van der Waals surface area contributed by atoms with Gasteiger partial charge in [0.1, 0.15) is 12.2 Å². The minimum atomic E-state index is -0.650. The summed E-state index contributed by atoms with van der Waals surface area (Å²) in [5.74, 6) is 0.680. The number of benzene rings is 2. The summed E-state index contributed by atoms with van der Waals surface area (Å²) in [5, 5.41) is 0. The molecule has 218 valence electrons. The Bertz CT molecular complexity index is 1130. The predicted molar refractivity (Wildman–Crippen MR) is 148 cm³/mol.